The highest BCUT2D eigenvalue weighted by Gasteiger charge is 2.72. The first kappa shape index (κ1) is 40.4. The lowest BCUT2D eigenvalue weighted by Gasteiger charge is -2.70. The lowest BCUT2D eigenvalue weighted by atomic mass is 9.34. The highest BCUT2D eigenvalue weighted by atomic mass is 16.6. The number of Topliss-reactive ketones (excluding diaryl/α,β-unsaturated/α-hetero) is 2. The number of aromatic nitrogens is 2. The Morgan fingerprint density at radius 2 is 1.72 bits per heavy atom. The number of nitrogens with zero attached hydrogens (tertiary/aromatic N) is 1. The molecule has 3 saturated carbocycles. The molecule has 2 aromatic heterocycles. The van der Waals surface area contributed by atoms with Crippen molar-refractivity contribution in [2.45, 2.75) is 156 Å². The van der Waals surface area contributed by atoms with Gasteiger partial charge in [0.05, 0.1) is 28.8 Å². The first-order valence-corrected chi connectivity index (χ1v) is 22.5. The number of benzene rings is 1. The topological polar surface area (TPSA) is 117 Å². The van der Waals surface area contributed by atoms with Gasteiger partial charge in [-0.25, -0.2) is 0 Å². The number of epoxide rings is 1. The van der Waals surface area contributed by atoms with Crippen molar-refractivity contribution < 1.29 is 29.3 Å². The summed E-state index contributed by atoms with van der Waals surface area (Å²) in [6.07, 6.45) is 9.51. The van der Waals surface area contributed by atoms with Crippen LogP contribution >= 0.6 is 0 Å². The molecule has 0 amide bonds. The van der Waals surface area contributed by atoms with E-state index >= 15 is 0 Å². The van der Waals surface area contributed by atoms with Gasteiger partial charge in [0, 0.05) is 68.2 Å². The van der Waals surface area contributed by atoms with Crippen molar-refractivity contribution in [2.75, 3.05) is 13.2 Å². The maximum atomic E-state index is 14.7. The Morgan fingerprint density at radius 1 is 1.00 bits per heavy atom. The summed E-state index contributed by atoms with van der Waals surface area (Å²) in [4.78, 5) is 31.8. The molecule has 6 aliphatic rings. The number of allylic oxidation sites excluding steroid dienone is 1. The molecule has 58 heavy (non-hydrogen) atoms. The molecule has 10 unspecified atom stereocenters. The molecule has 1 aromatic carbocycles. The number of aromatic amines is 1. The fourth-order valence-corrected chi connectivity index (χ4v) is 14.5. The molecular formula is C50H68N2O6. The maximum absolute atomic E-state index is 14.7. The van der Waals surface area contributed by atoms with Crippen molar-refractivity contribution in [3.05, 3.63) is 70.1 Å². The van der Waals surface area contributed by atoms with Crippen LogP contribution in [-0.4, -0.2) is 68.5 Å². The summed E-state index contributed by atoms with van der Waals surface area (Å²) >= 11 is 0. The molecular weight excluding hydrogens is 725 g/mol. The largest absolute Gasteiger partial charge is 0.392 e. The van der Waals surface area contributed by atoms with E-state index in [-0.39, 0.29) is 52.0 Å². The predicted molar refractivity (Wildman–Crippen MR) is 227 cm³/mol. The van der Waals surface area contributed by atoms with Crippen molar-refractivity contribution in [1.29, 1.82) is 0 Å². The maximum Gasteiger partial charge on any atom is 0.160 e. The molecule has 9 rings (SSSR count). The van der Waals surface area contributed by atoms with E-state index in [2.05, 4.69) is 88.5 Å². The van der Waals surface area contributed by atoms with Gasteiger partial charge in [-0.2, -0.15) is 0 Å². The molecule has 0 radical (unpaired) electrons. The summed E-state index contributed by atoms with van der Waals surface area (Å²) in [6, 6.07) is 9.21. The minimum atomic E-state index is -0.716. The average molecular weight is 793 g/mol. The van der Waals surface area contributed by atoms with Crippen LogP contribution in [0.4, 0.5) is 0 Å². The van der Waals surface area contributed by atoms with Gasteiger partial charge in [-0.15, -0.1) is 0 Å². The number of ether oxygens (including phenoxy) is 2. The molecule has 0 spiro atoms. The Morgan fingerprint density at radius 3 is 2.43 bits per heavy atom. The zero-order chi connectivity index (χ0) is 41.3. The molecule has 3 N–H and O–H groups in total. The van der Waals surface area contributed by atoms with Gasteiger partial charge in [-0.05, 0) is 128 Å². The molecule has 10 atom stereocenters. The zero-order valence-corrected chi connectivity index (χ0v) is 36.5. The number of nitrogens with one attached hydrogen (secondary N) is 1. The van der Waals surface area contributed by atoms with E-state index < -0.39 is 23.0 Å². The second-order valence-corrected chi connectivity index (χ2v) is 21.7. The number of rotatable bonds is 9. The minimum Gasteiger partial charge on any atom is -0.392 e. The lowest BCUT2D eigenvalue weighted by molar-refractivity contribution is -0.220. The Hall–Kier alpha value is -3.04. The van der Waals surface area contributed by atoms with Gasteiger partial charge in [-0.3, -0.25) is 9.59 Å². The van der Waals surface area contributed by atoms with Crippen molar-refractivity contribution in [1.82, 2.24) is 9.55 Å². The third kappa shape index (κ3) is 6.03. The van der Waals surface area contributed by atoms with Crippen molar-refractivity contribution in [3.63, 3.8) is 0 Å². The highest BCUT2D eigenvalue weighted by molar-refractivity contribution is 6.01. The third-order valence-corrected chi connectivity index (χ3v) is 17.5. The molecule has 2 saturated heterocycles. The number of aliphatic hydroxyl groups is 2. The number of hydrogen-bond donors (Lipinski definition) is 3. The second-order valence-electron chi connectivity index (χ2n) is 21.7. The number of aryl methyl sites for hydroxylation is 1. The van der Waals surface area contributed by atoms with Gasteiger partial charge in [0.1, 0.15) is 11.9 Å². The van der Waals surface area contributed by atoms with E-state index in [1.165, 1.54) is 22.3 Å². The summed E-state index contributed by atoms with van der Waals surface area (Å²) in [5.41, 5.74) is 7.45. The van der Waals surface area contributed by atoms with E-state index in [0.29, 0.717) is 37.5 Å². The molecule has 314 valence electrons. The lowest BCUT2D eigenvalue weighted by Crippen LogP contribution is -2.67. The van der Waals surface area contributed by atoms with Crippen LogP contribution in [0, 0.1) is 52.3 Å². The Balaban J connectivity index is 1.13. The second kappa shape index (κ2) is 13.7. The number of aliphatic hydroxyl groups excluding tert-OH is 2. The molecule has 0 bridgehead atoms. The fourth-order valence-electron chi connectivity index (χ4n) is 14.5. The smallest absolute Gasteiger partial charge is 0.160 e. The van der Waals surface area contributed by atoms with Crippen LogP contribution in [0.2, 0.25) is 0 Å². The minimum absolute atomic E-state index is 0.0914. The SMILES string of the molecule is Cc1cc(Cc2cn(CC3C4=C(C(C)CC(O)C5OC5(C)C)C(=O)CC4(C)C4(C)CCC5C(C)(C)C(=O)CCC5(C)C4C3O)c3cc[nH]c23)cc(C2CCOCC2)c1. The highest BCUT2D eigenvalue weighted by Crippen LogP contribution is 2.75. The number of hydrogen-bond acceptors (Lipinski definition) is 6. The van der Waals surface area contributed by atoms with Crippen molar-refractivity contribution >= 4 is 22.6 Å². The molecule has 8 heteroatoms. The van der Waals surface area contributed by atoms with Gasteiger partial charge in [0.2, 0.25) is 0 Å². The van der Waals surface area contributed by atoms with Crippen LogP contribution in [0.3, 0.4) is 0 Å². The van der Waals surface area contributed by atoms with Crippen LogP contribution < -0.4 is 0 Å². The number of H-pyrrole nitrogens is 1. The van der Waals surface area contributed by atoms with Gasteiger partial charge in [-0.1, -0.05) is 65.3 Å². The normalized spacial score (nSPS) is 36.8. The Kier molecular flexibility index (Phi) is 9.56. The van der Waals surface area contributed by atoms with Crippen LogP contribution in [0.25, 0.3) is 11.0 Å². The zero-order valence-electron chi connectivity index (χ0n) is 36.5. The van der Waals surface area contributed by atoms with E-state index in [1.54, 1.807) is 0 Å². The summed E-state index contributed by atoms with van der Waals surface area (Å²) in [5.74, 6) is 0.588. The molecule has 2 aliphatic heterocycles. The number of carbonyl (C=O) groups excluding carboxylic acids is 2. The molecule has 8 nitrogen and oxygen atoms in total. The average Bonchev–Trinajstić information content (AvgIpc) is 3.44. The van der Waals surface area contributed by atoms with Crippen LogP contribution in [0.15, 0.2) is 47.8 Å². The molecule has 4 aliphatic carbocycles. The predicted octanol–water partition coefficient (Wildman–Crippen LogP) is 9.02. The van der Waals surface area contributed by atoms with E-state index in [1.807, 2.05) is 20.0 Å². The molecule has 3 aromatic rings. The van der Waals surface area contributed by atoms with Gasteiger partial charge in [0.15, 0.2) is 5.78 Å². The number of fused-ring (bicyclic) bond motifs is 6. The van der Waals surface area contributed by atoms with Crippen molar-refractivity contribution in [2.24, 2.45) is 45.3 Å². The summed E-state index contributed by atoms with van der Waals surface area (Å²) in [6.45, 7) is 21.8. The van der Waals surface area contributed by atoms with E-state index in [9.17, 15) is 19.8 Å². The third-order valence-electron chi connectivity index (χ3n) is 17.5. The first-order chi connectivity index (χ1) is 27.3. The Labute approximate surface area is 345 Å². The van der Waals surface area contributed by atoms with E-state index in [4.69, 9.17) is 9.47 Å². The van der Waals surface area contributed by atoms with Crippen LogP contribution in [-0.2, 0) is 32.0 Å². The van der Waals surface area contributed by atoms with Crippen molar-refractivity contribution in [3.8, 4) is 0 Å². The Bertz CT molecular complexity index is 2170. The van der Waals surface area contributed by atoms with Crippen LogP contribution in [0.5, 0.6) is 0 Å². The van der Waals surface area contributed by atoms with Crippen LogP contribution in [0.1, 0.15) is 135 Å². The fraction of sp³-hybridized carbons (Fsp3) is 0.680. The monoisotopic (exact) mass is 793 g/mol. The standard InChI is InChI=1S/C50H68N2O6/c1-28-20-30(23-32(21-28)31-13-18-57-19-14-31)24-33-26-52(35-12-17-51-42(33)35)27-34-41-40(29(2)22-36(53)45-47(5,6)58-45)37(54)25-50(41,9)49(8)16-10-38-46(3,4)39(55)11-15-48(38,7)44(49)43(34)56/h12,17,20-21,23,26,29,31,34,36,38,43-45,51,53,56H,10-11,13-16,18-19,22,24-25,27H2,1-9H3. The van der Waals surface area contributed by atoms with E-state index in [0.717, 1.165) is 73.9 Å². The molecule has 4 heterocycles. The van der Waals surface area contributed by atoms with Gasteiger partial charge < -0.3 is 29.2 Å². The first-order valence-electron chi connectivity index (χ1n) is 22.5. The summed E-state index contributed by atoms with van der Waals surface area (Å²) in [5, 5.41) is 24.8. The number of ketones is 2. The molecule has 5 fully saturated rings. The van der Waals surface area contributed by atoms with Gasteiger partial charge in [0.25, 0.3) is 0 Å². The quantitative estimate of drug-likeness (QED) is 0.186. The summed E-state index contributed by atoms with van der Waals surface area (Å²) in [7, 11) is 0. The van der Waals surface area contributed by atoms with Gasteiger partial charge >= 0.3 is 0 Å². The summed E-state index contributed by atoms with van der Waals surface area (Å²) < 4.78 is 13.9. The number of carbonyl (C=O) groups is 2.